The Kier molecular flexibility index (Phi) is 6.90. The highest BCUT2D eigenvalue weighted by Gasteiger charge is 2.34. The van der Waals surface area contributed by atoms with Crippen molar-refractivity contribution in [1.29, 1.82) is 0 Å². The molecule has 0 saturated carbocycles. The highest BCUT2D eigenvalue weighted by atomic mass is 127. The topological polar surface area (TPSA) is 26.3 Å². The minimum atomic E-state index is 0.160. The van der Waals surface area contributed by atoms with E-state index in [4.69, 9.17) is 4.74 Å². The van der Waals surface area contributed by atoms with Crippen LogP contribution in [0, 0.1) is 10.7 Å². The standard InChI is InChI=1S/C14H16I3O2S/c1-8-5-20(6-9(2)19-8)7-13(18)14-11(16)3-10(15)4-12(14)17/h3-4,8-9H,5-7H2,1-2H3/q+1. The number of carbonyl (C=O) groups excluding carboxylic acids is 1. The average molecular weight is 629 g/mol. The number of ether oxygens (including phenoxy) is 1. The van der Waals surface area contributed by atoms with E-state index < -0.39 is 0 Å². The Labute approximate surface area is 163 Å². The minimum absolute atomic E-state index is 0.160. The Morgan fingerprint density at radius 3 is 2.20 bits per heavy atom. The lowest BCUT2D eigenvalue weighted by molar-refractivity contribution is 0.0279. The second-order valence-electron chi connectivity index (χ2n) is 5.01. The summed E-state index contributed by atoms with van der Waals surface area (Å²) in [5, 5.41) is 0. The molecular weight excluding hydrogens is 613 g/mol. The highest BCUT2D eigenvalue weighted by Crippen LogP contribution is 2.25. The van der Waals surface area contributed by atoms with Crippen molar-refractivity contribution in [3.05, 3.63) is 28.4 Å². The van der Waals surface area contributed by atoms with E-state index in [0.29, 0.717) is 11.5 Å². The Morgan fingerprint density at radius 2 is 1.70 bits per heavy atom. The fourth-order valence-corrected chi connectivity index (χ4v) is 8.95. The number of hydrogen-bond acceptors (Lipinski definition) is 2. The van der Waals surface area contributed by atoms with Crippen molar-refractivity contribution in [2.75, 3.05) is 17.3 Å². The summed E-state index contributed by atoms with van der Waals surface area (Å²) in [7, 11) is 0.160. The van der Waals surface area contributed by atoms with E-state index >= 15 is 0 Å². The molecule has 0 bridgehead atoms. The number of hydrogen-bond donors (Lipinski definition) is 0. The van der Waals surface area contributed by atoms with Crippen LogP contribution in [0.15, 0.2) is 12.1 Å². The number of Topliss-reactive ketones (excluding diaryl/α,β-unsaturated/α-hetero) is 1. The maximum Gasteiger partial charge on any atom is 0.213 e. The molecule has 0 amide bonds. The van der Waals surface area contributed by atoms with Gasteiger partial charge in [0.2, 0.25) is 5.78 Å². The first-order valence-corrected chi connectivity index (χ1v) is 11.3. The van der Waals surface area contributed by atoms with Crippen LogP contribution >= 0.6 is 67.8 Å². The van der Waals surface area contributed by atoms with E-state index in [1.807, 2.05) is 0 Å². The van der Waals surface area contributed by atoms with Crippen molar-refractivity contribution in [2.45, 2.75) is 26.1 Å². The molecule has 2 unspecified atom stereocenters. The molecule has 2 rings (SSSR count). The van der Waals surface area contributed by atoms with Gasteiger partial charge in [0.05, 0.1) is 12.2 Å². The molecule has 2 nitrogen and oxygen atoms in total. The first-order chi connectivity index (χ1) is 9.36. The zero-order valence-electron chi connectivity index (χ0n) is 11.3. The Bertz CT molecular complexity index is 488. The van der Waals surface area contributed by atoms with Crippen LogP contribution in [0.25, 0.3) is 0 Å². The largest absolute Gasteiger partial charge is 0.366 e. The quantitative estimate of drug-likeness (QED) is 0.286. The summed E-state index contributed by atoms with van der Waals surface area (Å²) < 4.78 is 9.08. The minimum Gasteiger partial charge on any atom is -0.366 e. The van der Waals surface area contributed by atoms with Crippen molar-refractivity contribution < 1.29 is 9.53 Å². The SMILES string of the molecule is CC1C[S+](CC(=O)c2c(I)cc(I)cc2I)CC(C)O1. The van der Waals surface area contributed by atoms with Crippen LogP contribution in [0.4, 0.5) is 0 Å². The van der Waals surface area contributed by atoms with Crippen LogP contribution in [0.2, 0.25) is 0 Å². The molecule has 20 heavy (non-hydrogen) atoms. The van der Waals surface area contributed by atoms with E-state index in [2.05, 4.69) is 93.8 Å². The van der Waals surface area contributed by atoms with Gasteiger partial charge in [0.15, 0.2) is 5.75 Å². The maximum absolute atomic E-state index is 12.6. The highest BCUT2D eigenvalue weighted by molar-refractivity contribution is 14.1. The molecule has 1 saturated heterocycles. The Balaban J connectivity index is 2.12. The molecule has 6 heteroatoms. The van der Waals surface area contributed by atoms with Gasteiger partial charge in [-0.3, -0.25) is 4.79 Å². The Hall–Kier alpha value is 1.39. The van der Waals surface area contributed by atoms with Crippen LogP contribution in [0.1, 0.15) is 24.2 Å². The summed E-state index contributed by atoms with van der Waals surface area (Å²) >= 11 is 6.85. The zero-order chi connectivity index (χ0) is 14.9. The normalized spacial score (nSPS) is 26.6. The van der Waals surface area contributed by atoms with Crippen molar-refractivity contribution in [3.8, 4) is 0 Å². The van der Waals surface area contributed by atoms with Gasteiger partial charge in [-0.2, -0.15) is 0 Å². The number of benzene rings is 1. The van der Waals surface area contributed by atoms with Crippen molar-refractivity contribution in [3.63, 3.8) is 0 Å². The second-order valence-corrected chi connectivity index (χ2v) is 10.8. The molecule has 0 aromatic heterocycles. The predicted molar refractivity (Wildman–Crippen MR) is 111 cm³/mol. The number of halogens is 3. The van der Waals surface area contributed by atoms with E-state index in [0.717, 1.165) is 24.2 Å². The van der Waals surface area contributed by atoms with E-state index in [9.17, 15) is 4.79 Å². The number of carbonyl (C=O) groups is 1. The smallest absolute Gasteiger partial charge is 0.213 e. The third kappa shape index (κ3) is 4.69. The van der Waals surface area contributed by atoms with Crippen LogP contribution in [0.3, 0.4) is 0 Å². The van der Waals surface area contributed by atoms with Gasteiger partial charge in [0.25, 0.3) is 0 Å². The van der Waals surface area contributed by atoms with Gasteiger partial charge in [0.1, 0.15) is 11.5 Å². The maximum atomic E-state index is 12.6. The molecule has 1 fully saturated rings. The molecule has 0 N–H and O–H groups in total. The van der Waals surface area contributed by atoms with Gasteiger partial charge in [-0.1, -0.05) is 0 Å². The lowest BCUT2D eigenvalue weighted by Crippen LogP contribution is -2.41. The zero-order valence-corrected chi connectivity index (χ0v) is 18.6. The lowest BCUT2D eigenvalue weighted by Gasteiger charge is -2.25. The summed E-state index contributed by atoms with van der Waals surface area (Å²) in [4.78, 5) is 12.6. The lowest BCUT2D eigenvalue weighted by atomic mass is 10.1. The first kappa shape index (κ1) is 17.7. The van der Waals surface area contributed by atoms with Crippen LogP contribution in [-0.2, 0) is 15.6 Å². The summed E-state index contributed by atoms with van der Waals surface area (Å²) in [6.07, 6.45) is 0.564. The summed E-state index contributed by atoms with van der Waals surface area (Å²) in [5.41, 5.74) is 0.908. The van der Waals surface area contributed by atoms with Gasteiger partial charge < -0.3 is 4.74 Å². The first-order valence-electron chi connectivity index (χ1n) is 6.34. The molecule has 0 spiro atoms. The van der Waals surface area contributed by atoms with Crippen molar-refractivity contribution in [2.24, 2.45) is 0 Å². The monoisotopic (exact) mass is 629 g/mol. The fourth-order valence-electron chi connectivity index (χ4n) is 2.39. The van der Waals surface area contributed by atoms with Gasteiger partial charge in [-0.05, 0) is 93.8 Å². The van der Waals surface area contributed by atoms with E-state index in [1.165, 1.54) is 3.57 Å². The summed E-state index contributed by atoms with van der Waals surface area (Å²) in [6, 6.07) is 4.16. The van der Waals surface area contributed by atoms with Gasteiger partial charge in [-0.25, -0.2) is 0 Å². The summed E-state index contributed by atoms with van der Waals surface area (Å²) in [5.74, 6) is 3.01. The van der Waals surface area contributed by atoms with E-state index in [1.54, 1.807) is 0 Å². The van der Waals surface area contributed by atoms with Gasteiger partial charge >= 0.3 is 0 Å². The molecule has 2 atom stereocenters. The number of ketones is 1. The Morgan fingerprint density at radius 1 is 1.20 bits per heavy atom. The molecule has 1 aromatic carbocycles. The third-order valence-corrected chi connectivity index (χ3v) is 7.90. The third-order valence-electron chi connectivity index (χ3n) is 3.03. The average Bonchev–Trinajstić information content (AvgIpc) is 2.25. The molecule has 1 aliphatic rings. The molecule has 1 aliphatic heterocycles. The molecule has 1 aromatic rings. The molecule has 0 aliphatic carbocycles. The predicted octanol–water partition coefficient (Wildman–Crippen LogP) is 4.11. The van der Waals surface area contributed by atoms with Gasteiger partial charge in [0, 0.05) is 27.2 Å². The van der Waals surface area contributed by atoms with Crippen LogP contribution < -0.4 is 0 Å². The molecular formula is C14H16I3O2S+. The van der Waals surface area contributed by atoms with Crippen molar-refractivity contribution >= 4 is 84.5 Å². The van der Waals surface area contributed by atoms with Crippen molar-refractivity contribution in [1.82, 2.24) is 0 Å². The second kappa shape index (κ2) is 7.78. The van der Waals surface area contributed by atoms with Gasteiger partial charge in [-0.15, -0.1) is 0 Å². The van der Waals surface area contributed by atoms with Crippen LogP contribution in [0.5, 0.6) is 0 Å². The van der Waals surface area contributed by atoms with E-state index in [-0.39, 0.29) is 23.1 Å². The van der Waals surface area contributed by atoms with Crippen LogP contribution in [-0.4, -0.2) is 35.2 Å². The number of rotatable bonds is 3. The summed E-state index contributed by atoms with van der Waals surface area (Å²) in [6.45, 7) is 4.22. The molecule has 110 valence electrons. The fraction of sp³-hybridized carbons (Fsp3) is 0.500. The molecule has 0 radical (unpaired) electrons. The molecule has 1 heterocycles.